The van der Waals surface area contributed by atoms with Gasteiger partial charge in [0, 0.05) is 22.8 Å². The number of rotatable bonds is 4. The Morgan fingerprint density at radius 3 is 2.87 bits per heavy atom. The fraction of sp³-hybridized carbons (Fsp3) is 0.235. The number of nitrogens with one attached hydrogen (secondary N) is 3. The average Bonchev–Trinajstić information content (AvgIpc) is 3.14. The summed E-state index contributed by atoms with van der Waals surface area (Å²) in [4.78, 5) is 15.1. The molecular weight excluding hydrogens is 294 g/mol. The Kier molecular flexibility index (Phi) is 3.83. The van der Waals surface area contributed by atoms with Crippen LogP contribution in [0.25, 0.3) is 10.9 Å². The second-order valence-corrected chi connectivity index (χ2v) is 5.77. The molecule has 0 saturated carbocycles. The molecule has 2 heterocycles. The second kappa shape index (κ2) is 5.81. The third-order valence-electron chi connectivity index (χ3n) is 3.68. The van der Waals surface area contributed by atoms with Crippen LogP contribution in [0.15, 0.2) is 47.0 Å². The summed E-state index contributed by atoms with van der Waals surface area (Å²) in [5.41, 5.74) is 0.422. The first-order chi connectivity index (χ1) is 10.9. The zero-order valence-electron chi connectivity index (χ0n) is 13.0. The maximum atomic E-state index is 12.0. The van der Waals surface area contributed by atoms with Crippen molar-refractivity contribution in [2.45, 2.75) is 19.4 Å². The number of carbonyl (C=O) groups is 1. The number of benzene rings is 1. The Morgan fingerprint density at radius 2 is 2.13 bits per heavy atom. The van der Waals surface area contributed by atoms with Crippen LogP contribution in [-0.4, -0.2) is 22.7 Å². The highest BCUT2D eigenvalue weighted by atomic mass is 16.4. The van der Waals surface area contributed by atoms with Gasteiger partial charge in [-0.15, -0.1) is 0 Å². The zero-order chi connectivity index (χ0) is 16.4. The zero-order valence-corrected chi connectivity index (χ0v) is 13.0. The molecule has 1 unspecified atom stereocenters. The van der Waals surface area contributed by atoms with Crippen LogP contribution in [0.3, 0.4) is 0 Å². The summed E-state index contributed by atoms with van der Waals surface area (Å²) < 4.78 is 5.41. The SMILES string of the molecule is Cc1ccc(C(C)(O)CNC(=O)Nc2ccc3[nH]ccc3c2)o1. The second-order valence-electron chi connectivity index (χ2n) is 5.77. The molecule has 2 aromatic heterocycles. The van der Waals surface area contributed by atoms with Gasteiger partial charge in [0.1, 0.15) is 17.1 Å². The normalized spacial score (nSPS) is 13.7. The summed E-state index contributed by atoms with van der Waals surface area (Å²) in [6.45, 7) is 3.44. The lowest BCUT2D eigenvalue weighted by Gasteiger charge is -2.21. The molecule has 120 valence electrons. The van der Waals surface area contributed by atoms with Crippen molar-refractivity contribution < 1.29 is 14.3 Å². The van der Waals surface area contributed by atoms with Crippen LogP contribution in [0.1, 0.15) is 18.4 Å². The summed E-state index contributed by atoms with van der Waals surface area (Å²) in [6.07, 6.45) is 1.84. The van der Waals surface area contributed by atoms with Crippen LogP contribution >= 0.6 is 0 Å². The highest BCUT2D eigenvalue weighted by molar-refractivity contribution is 5.92. The van der Waals surface area contributed by atoms with Gasteiger partial charge in [0.2, 0.25) is 0 Å². The number of aliphatic hydroxyl groups is 1. The summed E-state index contributed by atoms with van der Waals surface area (Å²) in [7, 11) is 0. The number of H-pyrrole nitrogens is 1. The molecule has 6 nitrogen and oxygen atoms in total. The molecule has 0 aliphatic carbocycles. The maximum Gasteiger partial charge on any atom is 0.319 e. The van der Waals surface area contributed by atoms with Crippen LogP contribution in [0.5, 0.6) is 0 Å². The van der Waals surface area contributed by atoms with E-state index in [1.807, 2.05) is 30.5 Å². The number of carbonyl (C=O) groups excluding carboxylic acids is 1. The molecule has 0 spiro atoms. The van der Waals surface area contributed by atoms with Crippen molar-refractivity contribution in [3.05, 3.63) is 54.1 Å². The van der Waals surface area contributed by atoms with E-state index in [9.17, 15) is 9.90 Å². The number of anilines is 1. The first-order valence-corrected chi connectivity index (χ1v) is 7.35. The van der Waals surface area contributed by atoms with Crippen molar-refractivity contribution in [1.82, 2.24) is 10.3 Å². The molecule has 0 bridgehead atoms. The molecule has 1 atom stereocenters. The first-order valence-electron chi connectivity index (χ1n) is 7.35. The van der Waals surface area contributed by atoms with E-state index >= 15 is 0 Å². The maximum absolute atomic E-state index is 12.0. The summed E-state index contributed by atoms with van der Waals surface area (Å²) in [6, 6.07) is 10.6. The molecule has 1 aromatic carbocycles. The third-order valence-corrected chi connectivity index (χ3v) is 3.68. The van der Waals surface area contributed by atoms with Crippen molar-refractivity contribution in [2.75, 3.05) is 11.9 Å². The van der Waals surface area contributed by atoms with E-state index in [4.69, 9.17) is 4.42 Å². The number of hydrogen-bond acceptors (Lipinski definition) is 3. The molecule has 0 radical (unpaired) electrons. The predicted octanol–water partition coefficient (Wildman–Crippen LogP) is 3.10. The molecule has 0 fully saturated rings. The molecule has 2 amide bonds. The van der Waals surface area contributed by atoms with Crippen molar-refractivity contribution >= 4 is 22.6 Å². The van der Waals surface area contributed by atoms with E-state index in [1.54, 1.807) is 26.0 Å². The number of furan rings is 1. The van der Waals surface area contributed by atoms with Gasteiger partial charge in [-0.2, -0.15) is 0 Å². The van der Waals surface area contributed by atoms with Crippen LogP contribution in [0, 0.1) is 6.92 Å². The van der Waals surface area contributed by atoms with Gasteiger partial charge in [0.25, 0.3) is 0 Å². The van der Waals surface area contributed by atoms with Gasteiger partial charge in [-0.1, -0.05) is 0 Å². The number of hydrogen-bond donors (Lipinski definition) is 4. The molecule has 0 saturated heterocycles. The molecule has 6 heteroatoms. The van der Waals surface area contributed by atoms with Gasteiger partial charge in [-0.3, -0.25) is 0 Å². The average molecular weight is 313 g/mol. The monoisotopic (exact) mass is 313 g/mol. The van der Waals surface area contributed by atoms with E-state index in [0.29, 0.717) is 17.2 Å². The topological polar surface area (TPSA) is 90.3 Å². The molecule has 4 N–H and O–H groups in total. The van der Waals surface area contributed by atoms with Crippen LogP contribution in [-0.2, 0) is 5.60 Å². The first kappa shape index (κ1) is 15.2. The van der Waals surface area contributed by atoms with Crippen molar-refractivity contribution in [3.63, 3.8) is 0 Å². The number of fused-ring (bicyclic) bond motifs is 1. The fourth-order valence-corrected chi connectivity index (χ4v) is 2.37. The van der Waals surface area contributed by atoms with Crippen molar-refractivity contribution in [3.8, 4) is 0 Å². The molecule has 23 heavy (non-hydrogen) atoms. The lowest BCUT2D eigenvalue weighted by Crippen LogP contribution is -2.40. The van der Waals surface area contributed by atoms with E-state index < -0.39 is 5.60 Å². The largest absolute Gasteiger partial charge is 0.463 e. The van der Waals surface area contributed by atoms with Gasteiger partial charge < -0.3 is 25.1 Å². The Labute approximate surface area is 133 Å². The Balaban J connectivity index is 1.60. The molecule has 3 rings (SSSR count). The van der Waals surface area contributed by atoms with Gasteiger partial charge in [-0.05, 0) is 50.2 Å². The van der Waals surface area contributed by atoms with Crippen LogP contribution in [0.4, 0.5) is 10.5 Å². The van der Waals surface area contributed by atoms with E-state index in [1.165, 1.54) is 0 Å². The number of aromatic nitrogens is 1. The summed E-state index contributed by atoms with van der Waals surface area (Å²) >= 11 is 0. The van der Waals surface area contributed by atoms with E-state index in [0.717, 1.165) is 10.9 Å². The molecular formula is C17H19N3O3. The van der Waals surface area contributed by atoms with Gasteiger partial charge in [0.05, 0.1) is 6.54 Å². The van der Waals surface area contributed by atoms with Crippen molar-refractivity contribution in [1.29, 1.82) is 0 Å². The van der Waals surface area contributed by atoms with E-state index in [-0.39, 0.29) is 12.6 Å². The van der Waals surface area contributed by atoms with Gasteiger partial charge in [-0.25, -0.2) is 4.79 Å². The Morgan fingerprint density at radius 1 is 1.30 bits per heavy atom. The Hall–Kier alpha value is -2.73. The lowest BCUT2D eigenvalue weighted by molar-refractivity contribution is 0.0364. The summed E-state index contributed by atoms with van der Waals surface area (Å²) in [5.74, 6) is 1.13. The van der Waals surface area contributed by atoms with Crippen molar-refractivity contribution in [2.24, 2.45) is 0 Å². The van der Waals surface area contributed by atoms with Gasteiger partial charge >= 0.3 is 6.03 Å². The third kappa shape index (κ3) is 3.37. The minimum Gasteiger partial charge on any atom is -0.463 e. The number of amides is 2. The minimum absolute atomic E-state index is 0.0399. The molecule has 0 aliphatic heterocycles. The standard InChI is InChI=1S/C17H19N3O3/c1-11-3-6-15(23-11)17(2,22)10-19-16(21)20-13-4-5-14-12(9-13)7-8-18-14/h3-9,18,22H,10H2,1-2H3,(H2,19,20,21). The van der Waals surface area contributed by atoms with Crippen LogP contribution < -0.4 is 10.6 Å². The molecule has 0 aliphatic rings. The summed E-state index contributed by atoms with van der Waals surface area (Å²) in [5, 5.41) is 16.8. The quantitative estimate of drug-likeness (QED) is 0.596. The minimum atomic E-state index is -1.27. The Bertz CT molecular complexity index is 832. The highest BCUT2D eigenvalue weighted by Gasteiger charge is 2.27. The number of aryl methyl sites for hydroxylation is 1. The molecule has 3 aromatic rings. The highest BCUT2D eigenvalue weighted by Crippen LogP contribution is 2.22. The predicted molar refractivity (Wildman–Crippen MR) is 88.3 cm³/mol. The number of urea groups is 1. The number of aromatic amines is 1. The smallest absolute Gasteiger partial charge is 0.319 e. The fourth-order valence-electron chi connectivity index (χ4n) is 2.37. The lowest BCUT2D eigenvalue weighted by atomic mass is 10.0. The van der Waals surface area contributed by atoms with Crippen LogP contribution in [0.2, 0.25) is 0 Å². The van der Waals surface area contributed by atoms with E-state index in [2.05, 4.69) is 15.6 Å². The van der Waals surface area contributed by atoms with Gasteiger partial charge in [0.15, 0.2) is 0 Å².